The molecule has 238 valence electrons. The van der Waals surface area contributed by atoms with Crippen molar-refractivity contribution in [1.82, 2.24) is 24.2 Å². The van der Waals surface area contributed by atoms with Crippen molar-refractivity contribution in [3.63, 3.8) is 0 Å². The third-order valence-corrected chi connectivity index (χ3v) is 11.5. The SMILES string of the molecule is C[C@@H]1CCN(Cc2cc(C(F)(F)I)c3cn(-c4cccc([C@@H](C5CCC5)C5N[N+]6(CCCCCC6)CN5C)c4)c(=O)n3c2)C1. The Hall–Kier alpha value is -1.86. The summed E-state index contributed by atoms with van der Waals surface area (Å²) in [4.78, 5) is 18.7. The van der Waals surface area contributed by atoms with Crippen LogP contribution in [0.4, 0.5) is 8.78 Å². The number of fused-ring (bicyclic) bond motifs is 1. The fraction of sp³-hybridized carbons (Fsp3) is 0.618. The van der Waals surface area contributed by atoms with E-state index >= 15 is 8.78 Å². The number of likely N-dealkylation sites (tertiary alicyclic amines) is 1. The molecule has 0 amide bonds. The van der Waals surface area contributed by atoms with Crippen LogP contribution < -0.4 is 11.1 Å². The summed E-state index contributed by atoms with van der Waals surface area (Å²) in [5.41, 5.74) is 6.65. The van der Waals surface area contributed by atoms with E-state index in [9.17, 15) is 4.79 Å². The van der Waals surface area contributed by atoms with Gasteiger partial charge in [-0.15, -0.1) is 5.43 Å². The molecule has 4 fully saturated rings. The molecule has 3 atom stereocenters. The van der Waals surface area contributed by atoms with E-state index in [4.69, 9.17) is 0 Å². The molecular weight excluding hydrogens is 673 g/mol. The highest BCUT2D eigenvalue weighted by atomic mass is 127. The highest BCUT2D eigenvalue weighted by Gasteiger charge is 2.48. The Kier molecular flexibility index (Phi) is 8.43. The molecule has 1 aromatic carbocycles. The molecule has 1 unspecified atom stereocenters. The first kappa shape index (κ1) is 30.8. The molecule has 3 aromatic rings. The van der Waals surface area contributed by atoms with Gasteiger partial charge in [-0.1, -0.05) is 25.5 Å². The van der Waals surface area contributed by atoms with Crippen LogP contribution in [0.2, 0.25) is 0 Å². The van der Waals surface area contributed by atoms with Gasteiger partial charge in [-0.3, -0.25) is 13.9 Å². The Labute approximate surface area is 272 Å². The maximum absolute atomic E-state index is 15.0. The fourth-order valence-corrected chi connectivity index (χ4v) is 8.85. The van der Waals surface area contributed by atoms with Crippen LogP contribution in [-0.4, -0.2) is 69.4 Å². The van der Waals surface area contributed by atoms with Crippen molar-refractivity contribution in [3.05, 3.63) is 69.9 Å². The number of imidazole rings is 1. The van der Waals surface area contributed by atoms with Crippen LogP contribution in [0.15, 0.2) is 47.5 Å². The Balaban J connectivity index is 1.25. The van der Waals surface area contributed by atoms with Crippen LogP contribution in [0.3, 0.4) is 0 Å². The molecule has 2 aromatic heterocycles. The predicted octanol–water partition coefficient (Wildman–Crippen LogP) is 6.42. The van der Waals surface area contributed by atoms with E-state index in [1.165, 1.54) is 90.6 Å². The van der Waals surface area contributed by atoms with E-state index in [2.05, 4.69) is 41.3 Å². The molecule has 3 aliphatic heterocycles. The summed E-state index contributed by atoms with van der Waals surface area (Å²) in [6.45, 7) is 8.05. The van der Waals surface area contributed by atoms with Crippen LogP contribution in [-0.2, 0) is 10.5 Å². The van der Waals surface area contributed by atoms with Crippen molar-refractivity contribution >= 4 is 28.1 Å². The number of nitrogens with one attached hydrogen (secondary N) is 1. The molecule has 4 aliphatic rings. The van der Waals surface area contributed by atoms with Crippen molar-refractivity contribution in [1.29, 1.82) is 0 Å². The van der Waals surface area contributed by atoms with Gasteiger partial charge in [0.15, 0.2) is 6.67 Å². The van der Waals surface area contributed by atoms with Gasteiger partial charge in [0.05, 0.1) is 29.9 Å². The summed E-state index contributed by atoms with van der Waals surface area (Å²) in [7, 11) is 2.25. The predicted molar refractivity (Wildman–Crippen MR) is 178 cm³/mol. The Morgan fingerprint density at radius 2 is 1.84 bits per heavy atom. The van der Waals surface area contributed by atoms with Crippen LogP contribution in [0.1, 0.15) is 80.9 Å². The number of aromatic nitrogens is 2. The number of likely N-dealkylation sites (N-methyl/N-ethyl adjacent to an activating group) is 1. The van der Waals surface area contributed by atoms with Gasteiger partial charge in [-0.05, 0) is 99.7 Å². The number of pyridine rings is 1. The monoisotopic (exact) mass is 719 g/mol. The zero-order chi connectivity index (χ0) is 30.6. The molecule has 44 heavy (non-hydrogen) atoms. The Bertz CT molecular complexity index is 1550. The lowest BCUT2D eigenvalue weighted by Gasteiger charge is -2.39. The fourth-order valence-electron chi connectivity index (χ4n) is 8.42. The van der Waals surface area contributed by atoms with E-state index in [1.807, 2.05) is 12.1 Å². The molecule has 3 saturated heterocycles. The van der Waals surface area contributed by atoms with Gasteiger partial charge in [0.1, 0.15) is 6.17 Å². The maximum Gasteiger partial charge on any atom is 0.337 e. The lowest BCUT2D eigenvalue weighted by molar-refractivity contribution is -0.961. The van der Waals surface area contributed by atoms with E-state index in [1.54, 1.807) is 23.0 Å². The van der Waals surface area contributed by atoms with Crippen molar-refractivity contribution in [2.75, 3.05) is 39.9 Å². The first-order chi connectivity index (χ1) is 21.1. The third kappa shape index (κ3) is 5.89. The number of hydrogen-bond donors (Lipinski definition) is 1. The van der Waals surface area contributed by atoms with Gasteiger partial charge < -0.3 is 0 Å². The number of rotatable bonds is 7. The molecule has 1 aliphatic carbocycles. The minimum atomic E-state index is -3.10. The van der Waals surface area contributed by atoms with Gasteiger partial charge in [0.25, 0.3) is 0 Å². The topological polar surface area (TPSA) is 44.9 Å². The van der Waals surface area contributed by atoms with Crippen molar-refractivity contribution in [3.8, 4) is 5.69 Å². The van der Waals surface area contributed by atoms with E-state index in [-0.39, 0.29) is 22.9 Å². The molecule has 1 spiro atoms. The number of hydrogen-bond acceptors (Lipinski definition) is 4. The average molecular weight is 720 g/mol. The maximum atomic E-state index is 15.0. The summed E-state index contributed by atoms with van der Waals surface area (Å²) in [6.07, 6.45) is 13.5. The summed E-state index contributed by atoms with van der Waals surface area (Å²) >= 11 is 1.20. The number of halogens is 3. The van der Waals surface area contributed by atoms with Gasteiger partial charge in [0.2, 0.25) is 0 Å². The molecule has 5 heterocycles. The van der Waals surface area contributed by atoms with Crippen LogP contribution in [0.5, 0.6) is 0 Å². The highest BCUT2D eigenvalue weighted by Crippen LogP contribution is 2.44. The van der Waals surface area contributed by atoms with Gasteiger partial charge in [0, 0.05) is 54.0 Å². The molecule has 1 saturated carbocycles. The summed E-state index contributed by atoms with van der Waals surface area (Å²) in [6, 6.07) is 9.91. The second kappa shape index (κ2) is 12.1. The first-order valence-electron chi connectivity index (χ1n) is 16.6. The zero-order valence-corrected chi connectivity index (χ0v) is 28.2. The largest absolute Gasteiger partial charge is 0.337 e. The smallest absolute Gasteiger partial charge is 0.299 e. The first-order valence-corrected chi connectivity index (χ1v) is 17.7. The van der Waals surface area contributed by atoms with Crippen LogP contribution >= 0.6 is 22.6 Å². The van der Waals surface area contributed by atoms with Crippen LogP contribution in [0.25, 0.3) is 11.2 Å². The molecule has 0 radical (unpaired) electrons. The molecule has 0 bridgehead atoms. The van der Waals surface area contributed by atoms with Gasteiger partial charge in [-0.25, -0.2) is 14.3 Å². The average Bonchev–Trinajstić information content (AvgIpc) is 3.55. The summed E-state index contributed by atoms with van der Waals surface area (Å²) in [5, 5.41) is 0. The van der Waals surface area contributed by atoms with Crippen molar-refractivity contribution < 1.29 is 13.4 Å². The number of quaternary nitrogens is 1. The lowest BCUT2D eigenvalue weighted by atomic mass is 9.71. The Morgan fingerprint density at radius 3 is 2.50 bits per heavy atom. The van der Waals surface area contributed by atoms with E-state index in [0.29, 0.717) is 24.3 Å². The minimum Gasteiger partial charge on any atom is -0.299 e. The van der Waals surface area contributed by atoms with Crippen molar-refractivity contribution in [2.45, 2.75) is 80.8 Å². The van der Waals surface area contributed by atoms with Gasteiger partial charge >= 0.3 is 9.62 Å². The molecule has 7 nitrogen and oxygen atoms in total. The highest BCUT2D eigenvalue weighted by molar-refractivity contribution is 14.1. The molecular formula is C34H46F2IN6O+. The van der Waals surface area contributed by atoms with Gasteiger partial charge in [-0.2, -0.15) is 8.78 Å². The molecule has 1 N–H and O–H groups in total. The standard InChI is InChI=1S/C34H46F2IN6O/c1-24-13-14-40(19-24)20-25-17-29(34(35,36)37)30-22-41(33(44)42(30)21-25)28-12-8-11-27(18-28)31(26-9-7-10-26)32-38-43(23-39(32)2)15-5-3-4-6-16-43/h8,11-12,17-18,21-22,24,26,31-32,38H,3-7,9-10,13-16,19-20,23H2,1-2H3/q+1/t24-,31-,32?/m1/s1. The van der Waals surface area contributed by atoms with E-state index in [0.717, 1.165) is 42.0 Å². The van der Waals surface area contributed by atoms with Crippen LogP contribution in [0, 0.1) is 11.8 Å². The second-order valence-corrected chi connectivity index (χ2v) is 15.6. The van der Waals surface area contributed by atoms with Crippen molar-refractivity contribution in [2.24, 2.45) is 11.8 Å². The summed E-state index contributed by atoms with van der Waals surface area (Å²) in [5.74, 6) is 1.48. The lowest BCUT2D eigenvalue weighted by Crippen LogP contribution is -2.57. The number of alkyl halides is 3. The summed E-state index contributed by atoms with van der Waals surface area (Å²) < 4.78 is 30.9. The number of nitrogens with zero attached hydrogens (tertiary/aromatic N) is 5. The number of benzene rings is 1. The second-order valence-electron chi connectivity index (χ2n) is 14.2. The minimum absolute atomic E-state index is 0.106. The molecule has 10 heteroatoms. The third-order valence-electron chi connectivity index (χ3n) is 10.9. The Morgan fingerprint density at radius 1 is 1.07 bits per heavy atom. The molecule has 7 rings (SSSR count). The van der Waals surface area contributed by atoms with E-state index < -0.39 is 3.93 Å². The zero-order valence-electron chi connectivity index (χ0n) is 26.0. The normalized spacial score (nSPS) is 25.9. The quantitative estimate of drug-likeness (QED) is 0.174.